The summed E-state index contributed by atoms with van der Waals surface area (Å²) < 4.78 is 6.24. The van der Waals surface area contributed by atoms with E-state index >= 15 is 0 Å². The van der Waals surface area contributed by atoms with E-state index in [1.165, 1.54) is 21.5 Å². The minimum absolute atomic E-state index is 0.926. The van der Waals surface area contributed by atoms with Gasteiger partial charge in [-0.2, -0.15) is 0 Å². The number of para-hydroxylation sites is 1. The molecular formula is C30H19NO. The van der Waals surface area contributed by atoms with Gasteiger partial charge in [-0.05, 0) is 51.9 Å². The second-order valence-electron chi connectivity index (χ2n) is 8.29. The molecule has 7 aromatic rings. The Labute approximate surface area is 184 Å². The van der Waals surface area contributed by atoms with Gasteiger partial charge in [0.05, 0.1) is 0 Å². The highest BCUT2D eigenvalue weighted by Gasteiger charge is 2.12. The summed E-state index contributed by atoms with van der Waals surface area (Å²) in [6, 6.07) is 38.5. The largest absolute Gasteiger partial charge is 0.455 e. The van der Waals surface area contributed by atoms with Gasteiger partial charge in [0.2, 0.25) is 0 Å². The van der Waals surface area contributed by atoms with Crippen LogP contribution in [0.4, 0.5) is 11.4 Å². The number of furan rings is 1. The Morgan fingerprint density at radius 2 is 1.16 bits per heavy atom. The highest BCUT2D eigenvalue weighted by molar-refractivity contribution is 6.17. The number of hydrogen-bond donors (Lipinski definition) is 1. The highest BCUT2D eigenvalue weighted by Crippen LogP contribution is 2.37. The molecule has 0 aliphatic heterocycles. The van der Waals surface area contributed by atoms with Crippen molar-refractivity contribution in [2.24, 2.45) is 0 Å². The van der Waals surface area contributed by atoms with Gasteiger partial charge in [0.1, 0.15) is 11.2 Å². The highest BCUT2D eigenvalue weighted by atomic mass is 16.3. The smallest absolute Gasteiger partial charge is 0.143 e. The number of nitrogens with one attached hydrogen (secondary N) is 1. The van der Waals surface area contributed by atoms with Crippen LogP contribution >= 0.6 is 0 Å². The van der Waals surface area contributed by atoms with E-state index in [0.717, 1.165) is 44.1 Å². The van der Waals surface area contributed by atoms with Gasteiger partial charge in [-0.15, -0.1) is 0 Å². The van der Waals surface area contributed by atoms with Crippen LogP contribution in [0, 0.1) is 0 Å². The summed E-state index contributed by atoms with van der Waals surface area (Å²) in [5.74, 6) is 0. The Morgan fingerprint density at radius 3 is 2.12 bits per heavy atom. The van der Waals surface area contributed by atoms with Crippen molar-refractivity contribution in [2.45, 2.75) is 0 Å². The molecule has 6 aromatic carbocycles. The lowest BCUT2D eigenvalue weighted by molar-refractivity contribution is 0.672. The molecule has 0 atom stereocenters. The van der Waals surface area contributed by atoms with Gasteiger partial charge in [0.25, 0.3) is 0 Å². The van der Waals surface area contributed by atoms with E-state index in [9.17, 15) is 0 Å². The zero-order valence-corrected chi connectivity index (χ0v) is 17.3. The number of anilines is 2. The maximum Gasteiger partial charge on any atom is 0.143 e. The standard InChI is InChI=1S/C30H19NO/c1-2-7-22-19(6-1)12-13-20-18-21(14-15-23(20)22)31-28-10-5-9-26-24(28)16-17-27-25-8-3-4-11-29(25)32-30(26)27/h1-18,31H. The number of hydrogen-bond acceptors (Lipinski definition) is 2. The third kappa shape index (κ3) is 2.53. The maximum absolute atomic E-state index is 6.24. The average molecular weight is 409 g/mol. The Morgan fingerprint density at radius 1 is 0.469 bits per heavy atom. The van der Waals surface area contributed by atoms with Gasteiger partial charge in [-0.3, -0.25) is 0 Å². The molecule has 0 fully saturated rings. The number of rotatable bonds is 2. The molecule has 0 aliphatic rings. The Bertz CT molecular complexity index is 1810. The molecule has 0 spiro atoms. The maximum atomic E-state index is 6.24. The minimum Gasteiger partial charge on any atom is -0.455 e. The van der Waals surface area contributed by atoms with Crippen LogP contribution in [0.5, 0.6) is 0 Å². The minimum atomic E-state index is 0.926. The van der Waals surface area contributed by atoms with E-state index in [1.807, 2.05) is 12.1 Å². The van der Waals surface area contributed by atoms with E-state index in [1.54, 1.807) is 0 Å². The molecular weight excluding hydrogens is 390 g/mol. The molecule has 0 aliphatic carbocycles. The van der Waals surface area contributed by atoms with E-state index in [0.29, 0.717) is 0 Å². The van der Waals surface area contributed by atoms with Crippen molar-refractivity contribution in [1.82, 2.24) is 0 Å². The zero-order chi connectivity index (χ0) is 21.1. The first-order valence-corrected chi connectivity index (χ1v) is 10.9. The fourth-order valence-corrected chi connectivity index (χ4v) is 4.90. The van der Waals surface area contributed by atoms with Gasteiger partial charge >= 0.3 is 0 Å². The summed E-state index contributed by atoms with van der Waals surface area (Å²) in [4.78, 5) is 0. The first-order chi connectivity index (χ1) is 15.8. The van der Waals surface area contributed by atoms with Crippen LogP contribution in [0.25, 0.3) is 54.3 Å². The fourth-order valence-electron chi connectivity index (χ4n) is 4.90. The van der Waals surface area contributed by atoms with Crippen molar-refractivity contribution >= 4 is 65.6 Å². The second kappa shape index (κ2) is 6.60. The molecule has 2 nitrogen and oxygen atoms in total. The lowest BCUT2D eigenvalue weighted by atomic mass is 10.0. The summed E-state index contributed by atoms with van der Waals surface area (Å²) in [6.07, 6.45) is 0. The predicted octanol–water partition coefficient (Wildman–Crippen LogP) is 8.79. The van der Waals surface area contributed by atoms with Crippen LogP contribution in [-0.4, -0.2) is 0 Å². The van der Waals surface area contributed by atoms with E-state index in [4.69, 9.17) is 4.42 Å². The monoisotopic (exact) mass is 409 g/mol. The molecule has 2 heteroatoms. The second-order valence-corrected chi connectivity index (χ2v) is 8.29. The molecule has 1 aromatic heterocycles. The van der Waals surface area contributed by atoms with Gasteiger partial charge < -0.3 is 9.73 Å². The van der Waals surface area contributed by atoms with Gasteiger partial charge in [0.15, 0.2) is 0 Å². The summed E-state index contributed by atoms with van der Waals surface area (Å²) in [6.45, 7) is 0. The van der Waals surface area contributed by atoms with Crippen molar-refractivity contribution in [3.8, 4) is 0 Å². The van der Waals surface area contributed by atoms with Crippen LogP contribution in [0.2, 0.25) is 0 Å². The average Bonchev–Trinajstić information content (AvgIpc) is 3.23. The molecule has 0 saturated carbocycles. The summed E-state index contributed by atoms with van der Waals surface area (Å²) >= 11 is 0. The van der Waals surface area contributed by atoms with Gasteiger partial charge in [-0.1, -0.05) is 78.9 Å². The first kappa shape index (κ1) is 17.4. The van der Waals surface area contributed by atoms with Crippen molar-refractivity contribution in [1.29, 1.82) is 0 Å². The van der Waals surface area contributed by atoms with Crippen molar-refractivity contribution in [3.05, 3.63) is 109 Å². The molecule has 0 unspecified atom stereocenters. The van der Waals surface area contributed by atoms with Crippen molar-refractivity contribution in [2.75, 3.05) is 5.32 Å². The quantitative estimate of drug-likeness (QED) is 0.289. The first-order valence-electron chi connectivity index (χ1n) is 10.9. The predicted molar refractivity (Wildman–Crippen MR) is 136 cm³/mol. The Hall–Kier alpha value is -4.30. The molecule has 0 amide bonds. The van der Waals surface area contributed by atoms with Crippen LogP contribution in [0.3, 0.4) is 0 Å². The molecule has 1 heterocycles. The molecule has 32 heavy (non-hydrogen) atoms. The lowest BCUT2D eigenvalue weighted by Crippen LogP contribution is -1.92. The third-order valence-corrected chi connectivity index (χ3v) is 6.43. The Balaban J connectivity index is 1.37. The molecule has 0 bridgehead atoms. The van der Waals surface area contributed by atoms with Gasteiger partial charge in [-0.25, -0.2) is 0 Å². The number of fused-ring (bicyclic) bond motifs is 8. The summed E-state index contributed by atoms with van der Waals surface area (Å²) in [5.41, 5.74) is 4.02. The lowest BCUT2D eigenvalue weighted by Gasteiger charge is -2.12. The molecule has 150 valence electrons. The Kier molecular flexibility index (Phi) is 3.58. The summed E-state index contributed by atoms with van der Waals surface area (Å²) in [5, 5.41) is 13.3. The number of benzene rings is 6. The molecule has 7 rings (SSSR count). The fraction of sp³-hybridized carbons (Fsp3) is 0. The zero-order valence-electron chi connectivity index (χ0n) is 17.3. The van der Waals surface area contributed by atoms with Crippen LogP contribution in [-0.2, 0) is 0 Å². The van der Waals surface area contributed by atoms with Crippen LogP contribution < -0.4 is 5.32 Å². The van der Waals surface area contributed by atoms with Crippen molar-refractivity contribution < 1.29 is 4.42 Å². The normalized spacial score (nSPS) is 11.8. The molecule has 0 saturated heterocycles. The third-order valence-electron chi connectivity index (χ3n) is 6.43. The van der Waals surface area contributed by atoms with Crippen molar-refractivity contribution in [3.63, 3.8) is 0 Å². The molecule has 0 radical (unpaired) electrons. The molecule has 1 N–H and O–H groups in total. The van der Waals surface area contributed by atoms with Crippen LogP contribution in [0.1, 0.15) is 0 Å². The SMILES string of the molecule is c1ccc2c(c1)ccc1cc(Nc3cccc4c3ccc3c5ccccc5oc43)ccc12. The van der Waals surface area contributed by atoms with Gasteiger partial charge in [0, 0.05) is 32.9 Å². The van der Waals surface area contributed by atoms with E-state index in [-0.39, 0.29) is 0 Å². The topological polar surface area (TPSA) is 25.2 Å². The van der Waals surface area contributed by atoms with E-state index < -0.39 is 0 Å². The van der Waals surface area contributed by atoms with Crippen LogP contribution in [0.15, 0.2) is 114 Å². The summed E-state index contributed by atoms with van der Waals surface area (Å²) in [7, 11) is 0. The van der Waals surface area contributed by atoms with E-state index in [2.05, 4.69) is 102 Å².